The fourth-order valence-electron chi connectivity index (χ4n) is 3.84. The van der Waals surface area contributed by atoms with Crippen LogP contribution in [0.3, 0.4) is 0 Å². The molecular weight excluding hydrogens is 472 g/mol. The van der Waals surface area contributed by atoms with Gasteiger partial charge in [-0.2, -0.15) is 0 Å². The Labute approximate surface area is 210 Å². The van der Waals surface area contributed by atoms with Crippen molar-refractivity contribution >= 4 is 24.1 Å². The predicted octanol–water partition coefficient (Wildman–Crippen LogP) is 4.57. The van der Waals surface area contributed by atoms with E-state index in [2.05, 4.69) is 4.74 Å². The molecule has 0 saturated carbocycles. The zero-order chi connectivity index (χ0) is 26.8. The first-order valence-corrected chi connectivity index (χ1v) is 11.8. The minimum Gasteiger partial charge on any atom is -0.496 e. The van der Waals surface area contributed by atoms with E-state index in [9.17, 15) is 19.2 Å². The summed E-state index contributed by atoms with van der Waals surface area (Å²) in [7, 11) is 2.80. The topological polar surface area (TPSA) is 124 Å². The lowest BCUT2D eigenvalue weighted by Gasteiger charge is -2.18. The summed E-state index contributed by atoms with van der Waals surface area (Å²) in [4.78, 5) is 48.4. The van der Waals surface area contributed by atoms with Crippen LogP contribution in [0.2, 0.25) is 0 Å². The Hall–Kier alpha value is -3.56. The van der Waals surface area contributed by atoms with Gasteiger partial charge in [0, 0.05) is 17.5 Å². The van der Waals surface area contributed by atoms with Gasteiger partial charge < -0.3 is 28.4 Å². The van der Waals surface area contributed by atoms with E-state index >= 15 is 0 Å². The van der Waals surface area contributed by atoms with Gasteiger partial charge in [0.15, 0.2) is 5.75 Å². The van der Waals surface area contributed by atoms with Crippen molar-refractivity contribution in [3.63, 3.8) is 0 Å². The second-order valence-electron chi connectivity index (χ2n) is 8.49. The minimum atomic E-state index is -1.15. The second kappa shape index (κ2) is 13.5. The first kappa shape index (κ1) is 28.7. The molecule has 1 heterocycles. The maximum atomic E-state index is 12.5. The van der Waals surface area contributed by atoms with Crippen LogP contribution in [0.15, 0.2) is 11.6 Å². The number of fused-ring (bicyclic) bond motifs is 1. The van der Waals surface area contributed by atoms with E-state index in [1.54, 1.807) is 13.8 Å². The first-order chi connectivity index (χ1) is 17.1. The molecule has 0 spiro atoms. The number of ether oxygens (including phenoxy) is 6. The third kappa shape index (κ3) is 7.22. The van der Waals surface area contributed by atoms with Gasteiger partial charge in [0.2, 0.25) is 6.79 Å². The van der Waals surface area contributed by atoms with Crippen LogP contribution < -0.4 is 9.47 Å². The molecule has 1 unspecified atom stereocenters. The number of esters is 3. The Balaban J connectivity index is 2.28. The van der Waals surface area contributed by atoms with Gasteiger partial charge in [-0.15, -0.1) is 0 Å². The highest BCUT2D eigenvalue weighted by atomic mass is 16.8. The fraction of sp³-hybridized carbons (Fsp3) is 0.538. The van der Waals surface area contributed by atoms with Gasteiger partial charge in [-0.05, 0) is 38.7 Å². The summed E-state index contributed by atoms with van der Waals surface area (Å²) in [5, 5.41) is 0. The number of carbonyl (C=O) groups is 4. The van der Waals surface area contributed by atoms with Crippen LogP contribution >= 0.6 is 0 Å². The smallest absolute Gasteiger partial charge is 0.496 e. The molecule has 1 atom stereocenters. The quantitative estimate of drug-likeness (QED) is 0.131. The van der Waals surface area contributed by atoms with Crippen molar-refractivity contribution in [3.05, 3.63) is 33.9 Å². The Morgan fingerprint density at radius 2 is 1.83 bits per heavy atom. The summed E-state index contributed by atoms with van der Waals surface area (Å²) in [6.45, 7) is 6.71. The Morgan fingerprint density at radius 1 is 1.11 bits per heavy atom. The molecule has 36 heavy (non-hydrogen) atoms. The summed E-state index contributed by atoms with van der Waals surface area (Å²) >= 11 is 0. The molecule has 10 heteroatoms. The number of hydrogen-bond acceptors (Lipinski definition) is 10. The maximum Gasteiger partial charge on any atom is 0.516 e. The highest BCUT2D eigenvalue weighted by Gasteiger charge is 2.34. The molecule has 0 bridgehead atoms. The Kier molecular flexibility index (Phi) is 10.8. The maximum absolute atomic E-state index is 12.5. The average Bonchev–Trinajstić information content (AvgIpc) is 3.24. The molecule has 1 aromatic carbocycles. The summed E-state index contributed by atoms with van der Waals surface area (Å²) in [5.41, 5.74) is 2.69. The van der Waals surface area contributed by atoms with Gasteiger partial charge in [-0.1, -0.05) is 31.9 Å². The number of hydrogen-bond donors (Lipinski definition) is 0. The number of cyclic esters (lactones) is 1. The standard InChI is InChI=1S/C26H34O10/c1-7-8-16(3)24(28)34-14-35-26(30)36-23-18(11-9-15(2)10-12-20(27)31-5)22(32-6)17(4)19-13-33-25(29)21(19)23/h9,16H,7-8,10-14H2,1-6H3/b15-9+. The zero-order valence-electron chi connectivity index (χ0n) is 21.7. The molecule has 2 rings (SSSR count). The number of methoxy groups -OCH3 is 2. The number of allylic oxidation sites excluding steroid dienone is 2. The van der Waals surface area contributed by atoms with E-state index in [0.717, 1.165) is 12.0 Å². The van der Waals surface area contributed by atoms with Crippen molar-refractivity contribution in [3.8, 4) is 11.5 Å². The number of carbonyl (C=O) groups excluding carboxylic acids is 4. The summed E-state index contributed by atoms with van der Waals surface area (Å²) in [6, 6.07) is 0. The van der Waals surface area contributed by atoms with Gasteiger partial charge in [0.25, 0.3) is 0 Å². The van der Waals surface area contributed by atoms with E-state index in [1.165, 1.54) is 14.2 Å². The zero-order valence-corrected chi connectivity index (χ0v) is 21.7. The van der Waals surface area contributed by atoms with Gasteiger partial charge in [0.05, 0.1) is 20.1 Å². The van der Waals surface area contributed by atoms with E-state index in [1.807, 2.05) is 19.9 Å². The third-order valence-electron chi connectivity index (χ3n) is 5.92. The summed E-state index contributed by atoms with van der Waals surface area (Å²) in [5.74, 6) is -1.37. The van der Waals surface area contributed by atoms with Gasteiger partial charge in [-0.3, -0.25) is 9.59 Å². The molecule has 0 saturated heterocycles. The summed E-state index contributed by atoms with van der Waals surface area (Å²) in [6.07, 6.45) is 3.10. The lowest BCUT2D eigenvalue weighted by molar-refractivity contribution is -0.157. The van der Waals surface area contributed by atoms with Crippen molar-refractivity contribution in [2.75, 3.05) is 21.0 Å². The molecule has 0 fully saturated rings. The van der Waals surface area contributed by atoms with Gasteiger partial charge in [-0.25, -0.2) is 9.59 Å². The molecule has 198 valence electrons. The molecule has 1 aliphatic rings. The SMILES string of the molecule is CCCC(C)C(=O)OCOC(=O)Oc1c(C/C=C(\C)CCC(=O)OC)c(OC)c(C)c2c1C(=O)OC2. The van der Waals surface area contributed by atoms with Crippen molar-refractivity contribution < 1.29 is 47.6 Å². The number of benzene rings is 1. The highest BCUT2D eigenvalue weighted by Crippen LogP contribution is 2.43. The molecule has 1 aliphatic heterocycles. The van der Waals surface area contributed by atoms with Crippen molar-refractivity contribution in [1.82, 2.24) is 0 Å². The van der Waals surface area contributed by atoms with Gasteiger partial charge in [0.1, 0.15) is 17.9 Å². The molecule has 0 radical (unpaired) electrons. The highest BCUT2D eigenvalue weighted by molar-refractivity contribution is 5.99. The lowest BCUT2D eigenvalue weighted by atomic mass is 9.94. The normalized spacial score (nSPS) is 13.4. The Morgan fingerprint density at radius 3 is 2.47 bits per heavy atom. The van der Waals surface area contributed by atoms with Crippen LogP contribution in [-0.4, -0.2) is 45.1 Å². The predicted molar refractivity (Wildman–Crippen MR) is 128 cm³/mol. The van der Waals surface area contributed by atoms with E-state index in [4.69, 9.17) is 23.7 Å². The first-order valence-electron chi connectivity index (χ1n) is 11.8. The lowest BCUT2D eigenvalue weighted by Crippen LogP contribution is -2.20. The van der Waals surface area contributed by atoms with Gasteiger partial charge >= 0.3 is 24.1 Å². The van der Waals surface area contributed by atoms with Crippen molar-refractivity contribution in [2.45, 2.75) is 66.4 Å². The molecule has 0 aromatic heterocycles. The fourth-order valence-corrected chi connectivity index (χ4v) is 3.84. The van der Waals surface area contributed by atoms with Crippen LogP contribution in [0.25, 0.3) is 0 Å². The molecule has 0 amide bonds. The molecular formula is C26H34O10. The van der Waals surface area contributed by atoms with E-state index in [-0.39, 0.29) is 42.6 Å². The second-order valence-corrected chi connectivity index (χ2v) is 8.49. The molecule has 1 aromatic rings. The van der Waals surface area contributed by atoms with Crippen LogP contribution in [0.1, 0.15) is 73.5 Å². The van der Waals surface area contributed by atoms with Crippen molar-refractivity contribution in [2.24, 2.45) is 5.92 Å². The molecule has 0 aliphatic carbocycles. The van der Waals surface area contributed by atoms with E-state index < -0.39 is 24.9 Å². The third-order valence-corrected chi connectivity index (χ3v) is 5.92. The summed E-state index contributed by atoms with van der Waals surface area (Å²) < 4.78 is 30.8. The van der Waals surface area contributed by atoms with Crippen LogP contribution in [0.4, 0.5) is 4.79 Å². The van der Waals surface area contributed by atoms with E-state index in [0.29, 0.717) is 35.3 Å². The van der Waals surface area contributed by atoms with Crippen LogP contribution in [-0.2, 0) is 41.6 Å². The van der Waals surface area contributed by atoms with Crippen LogP contribution in [0, 0.1) is 12.8 Å². The largest absolute Gasteiger partial charge is 0.516 e. The Bertz CT molecular complexity index is 1020. The van der Waals surface area contributed by atoms with Crippen LogP contribution in [0.5, 0.6) is 11.5 Å². The monoisotopic (exact) mass is 506 g/mol. The number of rotatable bonds is 12. The average molecular weight is 507 g/mol. The molecule has 10 nitrogen and oxygen atoms in total. The minimum absolute atomic E-state index is 0.0168. The van der Waals surface area contributed by atoms with Crippen molar-refractivity contribution in [1.29, 1.82) is 0 Å². The molecule has 0 N–H and O–H groups in total.